The van der Waals surface area contributed by atoms with E-state index in [0.29, 0.717) is 12.1 Å². The normalized spacial score (nSPS) is 14.3. The fraction of sp³-hybridized carbons (Fsp3) is 0.333. The second-order valence-electron chi connectivity index (χ2n) is 6.19. The number of rotatable bonds is 2. The van der Waals surface area contributed by atoms with Gasteiger partial charge < -0.3 is 0 Å². The molecule has 148 valence electrons. The molecule has 2 aromatic rings. The van der Waals surface area contributed by atoms with E-state index in [9.17, 15) is 39.5 Å². The molecule has 0 aliphatic carbocycles. The van der Waals surface area contributed by atoms with Gasteiger partial charge in [0.1, 0.15) is 0 Å². The highest BCUT2D eigenvalue weighted by Gasteiger charge is 2.37. The Kier molecular flexibility index (Phi) is 5.29. The quantitative estimate of drug-likeness (QED) is 0.468. The lowest BCUT2D eigenvalue weighted by Gasteiger charge is -2.20. The predicted molar refractivity (Wildman–Crippen MR) is 80.1 cm³/mol. The van der Waals surface area contributed by atoms with Crippen LogP contribution in [-0.2, 0) is 18.5 Å². The molecule has 0 saturated carbocycles. The van der Waals surface area contributed by atoms with E-state index in [2.05, 4.69) is 0 Å². The maximum Gasteiger partial charge on any atom is 0.416 e. The highest BCUT2D eigenvalue weighted by molar-refractivity contribution is 5.42. The van der Waals surface area contributed by atoms with Crippen molar-refractivity contribution in [3.8, 4) is 0 Å². The number of hydrogen-bond donors (Lipinski definition) is 0. The van der Waals surface area contributed by atoms with Crippen molar-refractivity contribution in [3.63, 3.8) is 0 Å². The van der Waals surface area contributed by atoms with E-state index in [1.165, 1.54) is 19.9 Å². The van der Waals surface area contributed by atoms with Gasteiger partial charge in [0, 0.05) is 5.92 Å². The summed E-state index contributed by atoms with van der Waals surface area (Å²) in [6.07, 6.45) is -14.7. The monoisotopic (exact) mass is 400 g/mol. The molecule has 0 N–H and O–H groups in total. The molecule has 0 aromatic heterocycles. The summed E-state index contributed by atoms with van der Waals surface area (Å²) in [4.78, 5) is 0. The molecule has 0 aliphatic rings. The van der Waals surface area contributed by atoms with Gasteiger partial charge in [-0.25, -0.2) is 0 Å². The van der Waals surface area contributed by atoms with Crippen molar-refractivity contribution in [1.29, 1.82) is 0 Å². The van der Waals surface area contributed by atoms with Crippen molar-refractivity contribution in [2.24, 2.45) is 0 Å². The summed E-state index contributed by atoms with van der Waals surface area (Å²) in [7, 11) is 0. The minimum absolute atomic E-state index is 0.0202. The molecule has 0 radical (unpaired) electrons. The average Bonchev–Trinajstić information content (AvgIpc) is 2.50. The number of hydrogen-bond acceptors (Lipinski definition) is 0. The van der Waals surface area contributed by atoms with Crippen LogP contribution in [0, 0.1) is 6.92 Å². The summed E-state index contributed by atoms with van der Waals surface area (Å²) in [5, 5.41) is 0. The van der Waals surface area contributed by atoms with Crippen LogP contribution >= 0.6 is 0 Å². The highest BCUT2D eigenvalue weighted by Crippen LogP contribution is 2.40. The lowest BCUT2D eigenvalue weighted by atomic mass is 9.88. The number of alkyl halides is 9. The molecule has 0 fully saturated rings. The van der Waals surface area contributed by atoms with Gasteiger partial charge in [-0.1, -0.05) is 18.6 Å². The fourth-order valence-corrected chi connectivity index (χ4v) is 2.65. The summed E-state index contributed by atoms with van der Waals surface area (Å²) < 4.78 is 117. The Morgan fingerprint density at radius 1 is 0.556 bits per heavy atom. The summed E-state index contributed by atoms with van der Waals surface area (Å²) in [5.74, 6) is -1.12. The molecule has 0 bridgehead atoms. The van der Waals surface area contributed by atoms with Crippen molar-refractivity contribution in [1.82, 2.24) is 0 Å². The van der Waals surface area contributed by atoms with Crippen LogP contribution in [0.3, 0.4) is 0 Å². The van der Waals surface area contributed by atoms with E-state index in [1.807, 2.05) is 0 Å². The Labute approximate surface area is 148 Å². The smallest absolute Gasteiger partial charge is 0.166 e. The Morgan fingerprint density at radius 2 is 0.889 bits per heavy atom. The average molecular weight is 400 g/mol. The zero-order valence-electron chi connectivity index (χ0n) is 13.9. The second kappa shape index (κ2) is 6.76. The maximum absolute atomic E-state index is 13.0. The molecule has 1 unspecified atom stereocenters. The van der Waals surface area contributed by atoms with E-state index in [4.69, 9.17) is 0 Å². The standard InChI is InChI=1S/C18H13F9/c1-9-3-11(5-13(4-9)16(19,20)21)10(2)12-6-14(17(22,23)24)8-15(7-12)18(25,26)27/h3-8,10H,1-2H3. The molecule has 0 nitrogen and oxygen atoms in total. The fourth-order valence-electron chi connectivity index (χ4n) is 2.65. The summed E-state index contributed by atoms with van der Waals surface area (Å²) in [6.45, 7) is 2.61. The van der Waals surface area contributed by atoms with Gasteiger partial charge in [0.2, 0.25) is 0 Å². The third kappa shape index (κ3) is 4.95. The van der Waals surface area contributed by atoms with Crippen LogP contribution in [0.2, 0.25) is 0 Å². The SMILES string of the molecule is Cc1cc(C(C)c2cc(C(F)(F)F)cc(C(F)(F)F)c2)cc(C(F)(F)F)c1. The molecule has 0 amide bonds. The Hall–Kier alpha value is -2.19. The predicted octanol–water partition coefficient (Wildman–Crippen LogP) is 7.20. The molecule has 0 aliphatic heterocycles. The van der Waals surface area contributed by atoms with Crippen LogP contribution in [0.4, 0.5) is 39.5 Å². The van der Waals surface area contributed by atoms with Gasteiger partial charge >= 0.3 is 18.5 Å². The first-order valence-electron chi connectivity index (χ1n) is 7.57. The van der Waals surface area contributed by atoms with E-state index in [1.54, 1.807) is 0 Å². The molecule has 0 heterocycles. The molecular weight excluding hydrogens is 387 g/mol. The largest absolute Gasteiger partial charge is 0.416 e. The van der Waals surface area contributed by atoms with Gasteiger partial charge in [-0.05, 0) is 48.4 Å². The van der Waals surface area contributed by atoms with Gasteiger partial charge in [-0.2, -0.15) is 39.5 Å². The van der Waals surface area contributed by atoms with Gasteiger partial charge in [-0.15, -0.1) is 0 Å². The summed E-state index contributed by atoms with van der Waals surface area (Å²) in [6, 6.07) is 3.90. The topological polar surface area (TPSA) is 0 Å². The van der Waals surface area contributed by atoms with Gasteiger partial charge in [0.15, 0.2) is 0 Å². The lowest BCUT2D eigenvalue weighted by Crippen LogP contribution is -2.13. The van der Waals surface area contributed by atoms with Crippen LogP contribution in [0.1, 0.15) is 46.2 Å². The first kappa shape index (κ1) is 21.1. The summed E-state index contributed by atoms with van der Waals surface area (Å²) in [5.41, 5.74) is -4.27. The Morgan fingerprint density at radius 3 is 1.26 bits per heavy atom. The zero-order chi connectivity index (χ0) is 20.8. The first-order valence-corrected chi connectivity index (χ1v) is 7.57. The molecule has 2 aromatic carbocycles. The minimum Gasteiger partial charge on any atom is -0.166 e. The van der Waals surface area contributed by atoms with E-state index < -0.39 is 41.1 Å². The van der Waals surface area contributed by atoms with Crippen molar-refractivity contribution in [3.05, 3.63) is 69.8 Å². The first-order chi connectivity index (χ1) is 12.1. The van der Waals surface area contributed by atoms with Crippen LogP contribution in [0.5, 0.6) is 0 Å². The van der Waals surface area contributed by atoms with Gasteiger partial charge in [0.25, 0.3) is 0 Å². The second-order valence-corrected chi connectivity index (χ2v) is 6.19. The van der Waals surface area contributed by atoms with Crippen molar-refractivity contribution in [2.75, 3.05) is 0 Å². The van der Waals surface area contributed by atoms with Crippen molar-refractivity contribution >= 4 is 0 Å². The minimum atomic E-state index is -5.03. The Bertz CT molecular complexity index is 794. The number of aryl methyl sites for hydroxylation is 1. The third-order valence-electron chi connectivity index (χ3n) is 4.04. The van der Waals surface area contributed by atoms with Gasteiger partial charge in [-0.3, -0.25) is 0 Å². The van der Waals surface area contributed by atoms with Gasteiger partial charge in [0.05, 0.1) is 16.7 Å². The molecule has 27 heavy (non-hydrogen) atoms. The summed E-state index contributed by atoms with van der Waals surface area (Å²) >= 11 is 0. The van der Waals surface area contributed by atoms with Crippen molar-refractivity contribution < 1.29 is 39.5 Å². The zero-order valence-corrected chi connectivity index (χ0v) is 13.9. The molecule has 0 spiro atoms. The molecule has 9 heteroatoms. The lowest BCUT2D eigenvalue weighted by molar-refractivity contribution is -0.143. The van der Waals surface area contributed by atoms with Crippen LogP contribution < -0.4 is 0 Å². The van der Waals surface area contributed by atoms with Crippen LogP contribution in [0.15, 0.2) is 36.4 Å². The molecule has 1 atom stereocenters. The molecular formula is C18H13F9. The maximum atomic E-state index is 13.0. The highest BCUT2D eigenvalue weighted by atomic mass is 19.4. The third-order valence-corrected chi connectivity index (χ3v) is 4.04. The molecule has 0 saturated heterocycles. The number of halogens is 9. The van der Waals surface area contributed by atoms with Crippen molar-refractivity contribution in [2.45, 2.75) is 38.3 Å². The Balaban J connectivity index is 2.62. The van der Waals surface area contributed by atoms with Crippen LogP contribution in [0.25, 0.3) is 0 Å². The number of benzene rings is 2. The van der Waals surface area contributed by atoms with E-state index in [0.717, 1.165) is 12.1 Å². The molecule has 2 rings (SSSR count). The van der Waals surface area contributed by atoms with Crippen LogP contribution in [-0.4, -0.2) is 0 Å². The van der Waals surface area contributed by atoms with E-state index in [-0.39, 0.29) is 22.8 Å². The van der Waals surface area contributed by atoms with E-state index >= 15 is 0 Å².